The predicted molar refractivity (Wildman–Crippen MR) is 110 cm³/mol. The van der Waals surface area contributed by atoms with E-state index in [9.17, 15) is 4.79 Å². The first-order chi connectivity index (χ1) is 11.0. The Bertz CT molecular complexity index is 550. The second-order valence-corrected chi connectivity index (χ2v) is 5.75. The Morgan fingerprint density at radius 3 is 2.58 bits per heavy atom. The molecule has 0 aromatic carbocycles. The molecule has 6 nitrogen and oxygen atoms in total. The average Bonchev–Trinajstić information content (AvgIpc) is 2.78. The molecule has 0 aliphatic carbocycles. The summed E-state index contributed by atoms with van der Waals surface area (Å²) in [6.45, 7) is 3.98. The summed E-state index contributed by atoms with van der Waals surface area (Å²) in [7, 11) is 3.25. The zero-order valence-corrected chi connectivity index (χ0v) is 18.0. The molecule has 24 heavy (non-hydrogen) atoms. The molecule has 0 saturated carbocycles. The van der Waals surface area contributed by atoms with Crippen molar-refractivity contribution in [3.8, 4) is 0 Å². The molecule has 0 atom stereocenters. The number of nitrogens with zero attached hydrogens (tertiary/aromatic N) is 2. The van der Waals surface area contributed by atoms with E-state index in [1.165, 1.54) is 7.11 Å². The van der Waals surface area contributed by atoms with Gasteiger partial charge in [-0.15, -0.1) is 24.0 Å². The van der Waals surface area contributed by atoms with Crippen molar-refractivity contribution in [3.05, 3.63) is 21.9 Å². The molecule has 2 N–H and O–H groups in total. The van der Waals surface area contributed by atoms with E-state index < -0.39 is 0 Å². The topological polar surface area (TPSA) is 67.7 Å². The molecule has 1 heterocycles. The van der Waals surface area contributed by atoms with Crippen LogP contribution in [0.3, 0.4) is 0 Å². The average molecular weight is 491 g/mol. The summed E-state index contributed by atoms with van der Waals surface area (Å²) in [5.74, 6) is 0.544. The van der Waals surface area contributed by atoms with Gasteiger partial charge in [0.2, 0.25) is 0 Å². The number of carbonyl (C=O) groups is 1. The molecule has 138 valence electrons. The Morgan fingerprint density at radius 1 is 1.33 bits per heavy atom. The smallest absolute Gasteiger partial charge is 0.305 e. The molecular formula is C15H25Cl2IN4O2. The van der Waals surface area contributed by atoms with E-state index >= 15 is 0 Å². The molecule has 1 aromatic heterocycles. The largest absolute Gasteiger partial charge is 0.469 e. The van der Waals surface area contributed by atoms with Gasteiger partial charge in [-0.05, 0) is 25.8 Å². The van der Waals surface area contributed by atoms with Crippen LogP contribution in [0.5, 0.6) is 0 Å². The summed E-state index contributed by atoms with van der Waals surface area (Å²) in [5.41, 5.74) is 0.933. The lowest BCUT2D eigenvalue weighted by Gasteiger charge is -2.11. The molecule has 0 amide bonds. The van der Waals surface area contributed by atoms with Crippen LogP contribution < -0.4 is 10.6 Å². The van der Waals surface area contributed by atoms with Gasteiger partial charge in [0.25, 0.3) is 0 Å². The number of hydrogen-bond acceptors (Lipinski definition) is 3. The molecule has 0 radical (unpaired) electrons. The van der Waals surface area contributed by atoms with Crippen LogP contribution >= 0.6 is 47.2 Å². The van der Waals surface area contributed by atoms with Crippen LogP contribution in [-0.2, 0) is 23.1 Å². The van der Waals surface area contributed by atoms with E-state index in [1.807, 2.05) is 24.6 Å². The highest BCUT2D eigenvalue weighted by Crippen LogP contribution is 2.25. The van der Waals surface area contributed by atoms with Crippen molar-refractivity contribution in [2.24, 2.45) is 12.0 Å². The van der Waals surface area contributed by atoms with Gasteiger partial charge in [-0.2, -0.15) is 0 Å². The fraction of sp³-hybridized carbons (Fsp3) is 0.600. The number of methoxy groups -OCH3 is 1. The van der Waals surface area contributed by atoms with Gasteiger partial charge in [0.15, 0.2) is 5.96 Å². The fourth-order valence-corrected chi connectivity index (χ4v) is 2.36. The molecule has 0 unspecified atom stereocenters. The highest BCUT2D eigenvalue weighted by molar-refractivity contribution is 14.0. The third-order valence-corrected chi connectivity index (χ3v) is 4.13. The van der Waals surface area contributed by atoms with Gasteiger partial charge in [0, 0.05) is 32.3 Å². The third-order valence-electron chi connectivity index (χ3n) is 3.29. The van der Waals surface area contributed by atoms with Crippen LogP contribution in [0.15, 0.2) is 11.1 Å². The van der Waals surface area contributed by atoms with Crippen LogP contribution in [0.2, 0.25) is 10.2 Å². The number of rotatable bonds is 8. The first-order valence-corrected chi connectivity index (χ1v) is 8.33. The number of ether oxygens (including phenoxy) is 1. The van der Waals surface area contributed by atoms with Crippen molar-refractivity contribution in [1.82, 2.24) is 15.2 Å². The van der Waals surface area contributed by atoms with Gasteiger partial charge in [-0.1, -0.05) is 23.2 Å². The van der Waals surface area contributed by atoms with E-state index in [4.69, 9.17) is 23.2 Å². The summed E-state index contributed by atoms with van der Waals surface area (Å²) in [4.78, 5) is 15.5. The summed E-state index contributed by atoms with van der Waals surface area (Å²) in [6, 6.07) is 1.81. The van der Waals surface area contributed by atoms with Crippen LogP contribution in [0.1, 0.15) is 31.9 Å². The molecule has 0 aliphatic rings. The number of aromatic nitrogens is 1. The predicted octanol–water partition coefficient (Wildman–Crippen LogP) is 3.35. The molecule has 0 spiro atoms. The summed E-state index contributed by atoms with van der Waals surface area (Å²) >= 11 is 12.0. The second kappa shape index (κ2) is 12.7. The first-order valence-electron chi connectivity index (χ1n) is 7.58. The summed E-state index contributed by atoms with van der Waals surface area (Å²) in [5, 5.41) is 7.45. The zero-order chi connectivity index (χ0) is 17.2. The lowest BCUT2D eigenvalue weighted by atomic mass is 10.2. The molecule has 0 saturated heterocycles. The maximum atomic E-state index is 11.0. The maximum absolute atomic E-state index is 11.0. The molecule has 9 heteroatoms. The standard InChI is InChI=1S/C15H24Cl2N4O2.HI/c1-4-18-15(19-8-6-5-7-13(22)23-3)20-10-11-9-12(16)14(17)21(11)2;/h9H,4-8,10H2,1-3H3,(H2,18,19,20);1H. The number of halogens is 3. The number of guanidine groups is 1. The zero-order valence-electron chi connectivity index (χ0n) is 14.2. The Hall–Kier alpha value is -0.670. The first kappa shape index (κ1) is 23.3. The Balaban J connectivity index is 0.00000529. The number of esters is 1. The Labute approximate surface area is 170 Å². The van der Waals surface area contributed by atoms with E-state index in [2.05, 4.69) is 20.4 Å². The summed E-state index contributed by atoms with van der Waals surface area (Å²) < 4.78 is 6.42. The molecular weight excluding hydrogens is 466 g/mol. The van der Waals surface area contributed by atoms with E-state index in [-0.39, 0.29) is 29.9 Å². The van der Waals surface area contributed by atoms with Crippen LogP contribution in [0.4, 0.5) is 0 Å². The lowest BCUT2D eigenvalue weighted by molar-refractivity contribution is -0.140. The van der Waals surface area contributed by atoms with Gasteiger partial charge in [-0.3, -0.25) is 4.79 Å². The number of hydrogen-bond donors (Lipinski definition) is 2. The van der Waals surface area contributed by atoms with Crippen molar-refractivity contribution in [3.63, 3.8) is 0 Å². The van der Waals surface area contributed by atoms with Gasteiger partial charge in [0.1, 0.15) is 5.15 Å². The maximum Gasteiger partial charge on any atom is 0.305 e. The van der Waals surface area contributed by atoms with Gasteiger partial charge in [-0.25, -0.2) is 4.99 Å². The van der Waals surface area contributed by atoms with Crippen molar-refractivity contribution in [2.75, 3.05) is 20.2 Å². The highest BCUT2D eigenvalue weighted by Gasteiger charge is 2.08. The number of carbonyl (C=O) groups excluding carboxylic acids is 1. The minimum Gasteiger partial charge on any atom is -0.469 e. The fourth-order valence-electron chi connectivity index (χ4n) is 1.95. The van der Waals surface area contributed by atoms with Crippen molar-refractivity contribution >= 4 is 59.1 Å². The van der Waals surface area contributed by atoms with Crippen LogP contribution in [0, 0.1) is 0 Å². The van der Waals surface area contributed by atoms with E-state index in [0.717, 1.165) is 37.6 Å². The Morgan fingerprint density at radius 2 is 2.04 bits per heavy atom. The van der Waals surface area contributed by atoms with E-state index in [1.54, 1.807) is 0 Å². The van der Waals surface area contributed by atoms with Crippen molar-refractivity contribution < 1.29 is 9.53 Å². The minimum absolute atomic E-state index is 0. The lowest BCUT2D eigenvalue weighted by Crippen LogP contribution is -2.37. The number of unbranched alkanes of at least 4 members (excludes halogenated alkanes) is 1. The third kappa shape index (κ3) is 7.94. The molecule has 1 aromatic rings. The minimum atomic E-state index is -0.178. The molecule has 0 bridgehead atoms. The normalized spacial score (nSPS) is 11.0. The van der Waals surface area contributed by atoms with Gasteiger partial charge < -0.3 is 19.9 Å². The summed E-state index contributed by atoms with van der Waals surface area (Å²) in [6.07, 6.45) is 2.08. The van der Waals surface area contributed by atoms with Crippen molar-refractivity contribution in [1.29, 1.82) is 0 Å². The quantitative estimate of drug-likeness (QED) is 0.193. The van der Waals surface area contributed by atoms with E-state index in [0.29, 0.717) is 23.1 Å². The monoisotopic (exact) mass is 490 g/mol. The van der Waals surface area contributed by atoms with Gasteiger partial charge >= 0.3 is 5.97 Å². The van der Waals surface area contributed by atoms with Crippen LogP contribution in [0.25, 0.3) is 0 Å². The SMILES string of the molecule is CCNC(=NCc1cc(Cl)c(Cl)n1C)NCCCCC(=O)OC.I. The molecule has 1 rings (SSSR count). The van der Waals surface area contributed by atoms with Crippen LogP contribution in [-0.4, -0.2) is 36.7 Å². The second-order valence-electron chi connectivity index (χ2n) is 4.99. The Kier molecular flexibility index (Phi) is 12.3. The highest BCUT2D eigenvalue weighted by atomic mass is 127. The van der Waals surface area contributed by atoms with Crippen molar-refractivity contribution in [2.45, 2.75) is 32.7 Å². The van der Waals surface area contributed by atoms with Gasteiger partial charge in [0.05, 0.1) is 18.7 Å². The molecule has 0 fully saturated rings. The number of aliphatic imine (C=N–C) groups is 1. The molecule has 0 aliphatic heterocycles. The number of nitrogens with one attached hydrogen (secondary N) is 2.